The van der Waals surface area contributed by atoms with Crippen LogP contribution in [-0.2, 0) is 0 Å². The molecule has 2 aromatic carbocycles. The highest BCUT2D eigenvalue weighted by molar-refractivity contribution is 6.03. The van der Waals surface area contributed by atoms with Crippen LogP contribution in [0, 0.1) is 13.8 Å². The Labute approximate surface area is 163 Å². The van der Waals surface area contributed by atoms with Crippen molar-refractivity contribution in [1.82, 2.24) is 10.2 Å². The molecular weight excluding hydrogens is 356 g/mol. The Bertz CT molecular complexity index is 987. The van der Waals surface area contributed by atoms with Gasteiger partial charge in [-0.1, -0.05) is 6.07 Å². The van der Waals surface area contributed by atoms with Crippen molar-refractivity contribution in [3.63, 3.8) is 0 Å². The average molecular weight is 378 g/mol. The number of ether oxygens (including phenoxy) is 2. The van der Waals surface area contributed by atoms with Gasteiger partial charge < -0.3 is 20.1 Å². The van der Waals surface area contributed by atoms with Gasteiger partial charge in [-0.15, -0.1) is 10.2 Å². The summed E-state index contributed by atoms with van der Waals surface area (Å²) in [5, 5.41) is 14.0. The SMILES string of the molecule is COc1ccc(NC(=O)c2ccc(Nc3ccc(C)c(C)c3)nn2)cc1OC. The van der Waals surface area contributed by atoms with E-state index in [1.807, 2.05) is 25.1 Å². The molecular formula is C21H22N4O3. The molecule has 0 radical (unpaired) electrons. The summed E-state index contributed by atoms with van der Waals surface area (Å²) in [5.74, 6) is 1.31. The number of hydrogen-bond donors (Lipinski definition) is 2. The largest absolute Gasteiger partial charge is 0.493 e. The quantitative estimate of drug-likeness (QED) is 0.671. The van der Waals surface area contributed by atoms with Crippen molar-refractivity contribution >= 4 is 23.1 Å². The van der Waals surface area contributed by atoms with Crippen LogP contribution in [0.25, 0.3) is 0 Å². The average Bonchev–Trinajstić information content (AvgIpc) is 2.71. The van der Waals surface area contributed by atoms with Crippen LogP contribution >= 0.6 is 0 Å². The Balaban J connectivity index is 1.69. The predicted molar refractivity (Wildman–Crippen MR) is 109 cm³/mol. The Kier molecular flexibility index (Phi) is 5.74. The Morgan fingerprint density at radius 1 is 0.821 bits per heavy atom. The summed E-state index contributed by atoms with van der Waals surface area (Å²) in [6.07, 6.45) is 0. The van der Waals surface area contributed by atoms with Crippen molar-refractivity contribution in [3.8, 4) is 11.5 Å². The van der Waals surface area contributed by atoms with Crippen molar-refractivity contribution in [2.75, 3.05) is 24.9 Å². The molecule has 0 saturated carbocycles. The van der Waals surface area contributed by atoms with Crippen LogP contribution in [0.3, 0.4) is 0 Å². The van der Waals surface area contributed by atoms with Gasteiger partial charge in [-0.2, -0.15) is 0 Å². The maximum Gasteiger partial charge on any atom is 0.276 e. The van der Waals surface area contributed by atoms with Gasteiger partial charge in [0.05, 0.1) is 14.2 Å². The van der Waals surface area contributed by atoms with Gasteiger partial charge in [0.25, 0.3) is 5.91 Å². The molecule has 1 aromatic heterocycles. The molecule has 28 heavy (non-hydrogen) atoms. The molecule has 0 spiro atoms. The lowest BCUT2D eigenvalue weighted by molar-refractivity contribution is 0.102. The lowest BCUT2D eigenvalue weighted by Crippen LogP contribution is -2.14. The van der Waals surface area contributed by atoms with E-state index in [0.29, 0.717) is 23.0 Å². The van der Waals surface area contributed by atoms with E-state index in [0.717, 1.165) is 5.69 Å². The second-order valence-corrected chi connectivity index (χ2v) is 6.25. The summed E-state index contributed by atoms with van der Waals surface area (Å²) in [5.41, 5.74) is 4.10. The standard InChI is InChI=1S/C21H22N4O3/c1-13-5-6-15(11-14(13)2)22-20-10-8-17(24-25-20)21(26)23-16-7-9-18(27-3)19(12-16)28-4/h5-12H,1-4H3,(H,22,25)(H,23,26). The molecule has 2 N–H and O–H groups in total. The van der Waals surface area contributed by atoms with Gasteiger partial charge in [0.2, 0.25) is 0 Å². The van der Waals surface area contributed by atoms with Crippen LogP contribution in [0.4, 0.5) is 17.2 Å². The van der Waals surface area contributed by atoms with Gasteiger partial charge in [0.15, 0.2) is 23.0 Å². The van der Waals surface area contributed by atoms with E-state index in [4.69, 9.17) is 9.47 Å². The minimum absolute atomic E-state index is 0.209. The maximum atomic E-state index is 12.4. The third kappa shape index (κ3) is 4.37. The first kappa shape index (κ1) is 19.2. The highest BCUT2D eigenvalue weighted by Gasteiger charge is 2.11. The fourth-order valence-electron chi connectivity index (χ4n) is 2.60. The molecule has 3 rings (SSSR count). The number of carbonyl (C=O) groups excluding carboxylic acids is 1. The minimum Gasteiger partial charge on any atom is -0.493 e. The number of carbonyl (C=O) groups is 1. The summed E-state index contributed by atoms with van der Waals surface area (Å²) < 4.78 is 10.4. The van der Waals surface area contributed by atoms with E-state index in [2.05, 4.69) is 27.8 Å². The fraction of sp³-hybridized carbons (Fsp3) is 0.190. The molecule has 0 unspecified atom stereocenters. The van der Waals surface area contributed by atoms with E-state index in [9.17, 15) is 4.79 Å². The van der Waals surface area contributed by atoms with Gasteiger partial charge in [-0.05, 0) is 61.4 Å². The summed E-state index contributed by atoms with van der Waals surface area (Å²) in [6.45, 7) is 4.11. The van der Waals surface area contributed by atoms with E-state index in [1.54, 1.807) is 37.4 Å². The number of nitrogens with zero attached hydrogens (tertiary/aromatic N) is 2. The minimum atomic E-state index is -0.363. The number of amides is 1. The number of benzene rings is 2. The van der Waals surface area contributed by atoms with E-state index < -0.39 is 0 Å². The van der Waals surface area contributed by atoms with E-state index >= 15 is 0 Å². The van der Waals surface area contributed by atoms with Gasteiger partial charge in [-0.25, -0.2) is 0 Å². The number of aromatic nitrogens is 2. The van der Waals surface area contributed by atoms with Gasteiger partial charge in [0.1, 0.15) is 0 Å². The second kappa shape index (κ2) is 8.39. The lowest BCUT2D eigenvalue weighted by Gasteiger charge is -2.10. The van der Waals surface area contributed by atoms with Crippen LogP contribution in [0.1, 0.15) is 21.6 Å². The third-order valence-electron chi connectivity index (χ3n) is 4.32. The first-order valence-corrected chi connectivity index (χ1v) is 8.71. The number of methoxy groups -OCH3 is 2. The molecule has 1 amide bonds. The molecule has 0 saturated heterocycles. The monoisotopic (exact) mass is 378 g/mol. The molecule has 7 heteroatoms. The first-order valence-electron chi connectivity index (χ1n) is 8.71. The summed E-state index contributed by atoms with van der Waals surface area (Å²) >= 11 is 0. The van der Waals surface area contributed by atoms with E-state index in [1.165, 1.54) is 18.2 Å². The lowest BCUT2D eigenvalue weighted by atomic mass is 10.1. The second-order valence-electron chi connectivity index (χ2n) is 6.25. The van der Waals surface area contributed by atoms with E-state index in [-0.39, 0.29) is 11.6 Å². The number of aryl methyl sites for hydroxylation is 2. The zero-order valence-corrected chi connectivity index (χ0v) is 16.2. The van der Waals surface area contributed by atoms with Crippen molar-refractivity contribution in [1.29, 1.82) is 0 Å². The normalized spacial score (nSPS) is 10.3. The Hall–Kier alpha value is -3.61. The molecule has 0 aliphatic rings. The maximum absolute atomic E-state index is 12.4. The number of anilines is 3. The Morgan fingerprint density at radius 2 is 1.57 bits per heavy atom. The zero-order valence-electron chi connectivity index (χ0n) is 16.2. The molecule has 7 nitrogen and oxygen atoms in total. The summed E-state index contributed by atoms with van der Waals surface area (Å²) in [6, 6.07) is 14.5. The molecule has 0 fully saturated rings. The highest BCUT2D eigenvalue weighted by Crippen LogP contribution is 2.29. The molecule has 0 atom stereocenters. The molecule has 144 valence electrons. The van der Waals surface area contributed by atoms with Crippen LogP contribution in [0.5, 0.6) is 11.5 Å². The number of rotatable bonds is 6. The number of nitrogens with one attached hydrogen (secondary N) is 2. The van der Waals surface area contributed by atoms with Crippen LogP contribution in [0.15, 0.2) is 48.5 Å². The van der Waals surface area contributed by atoms with Gasteiger partial charge >= 0.3 is 0 Å². The fourth-order valence-corrected chi connectivity index (χ4v) is 2.60. The zero-order chi connectivity index (χ0) is 20.1. The van der Waals surface area contributed by atoms with Crippen molar-refractivity contribution < 1.29 is 14.3 Å². The van der Waals surface area contributed by atoms with Gasteiger partial charge in [0, 0.05) is 17.4 Å². The molecule has 0 aliphatic heterocycles. The van der Waals surface area contributed by atoms with Crippen LogP contribution in [0.2, 0.25) is 0 Å². The van der Waals surface area contributed by atoms with Crippen LogP contribution in [-0.4, -0.2) is 30.3 Å². The molecule has 0 bridgehead atoms. The molecule has 1 heterocycles. The van der Waals surface area contributed by atoms with Crippen molar-refractivity contribution in [2.45, 2.75) is 13.8 Å². The third-order valence-corrected chi connectivity index (χ3v) is 4.32. The number of hydrogen-bond acceptors (Lipinski definition) is 6. The van der Waals surface area contributed by atoms with Crippen molar-refractivity contribution in [2.24, 2.45) is 0 Å². The predicted octanol–water partition coefficient (Wildman–Crippen LogP) is 4.11. The van der Waals surface area contributed by atoms with Crippen LogP contribution < -0.4 is 20.1 Å². The topological polar surface area (TPSA) is 85.4 Å². The van der Waals surface area contributed by atoms with Crippen molar-refractivity contribution in [3.05, 3.63) is 65.4 Å². The summed E-state index contributed by atoms with van der Waals surface area (Å²) in [4.78, 5) is 12.4. The summed E-state index contributed by atoms with van der Waals surface area (Å²) in [7, 11) is 3.09. The smallest absolute Gasteiger partial charge is 0.276 e. The molecule has 3 aromatic rings. The van der Waals surface area contributed by atoms with Gasteiger partial charge in [-0.3, -0.25) is 4.79 Å². The first-order chi connectivity index (χ1) is 13.5. The Morgan fingerprint density at radius 3 is 2.21 bits per heavy atom. The molecule has 0 aliphatic carbocycles. The highest BCUT2D eigenvalue weighted by atomic mass is 16.5.